The van der Waals surface area contributed by atoms with Crippen molar-refractivity contribution in [2.75, 3.05) is 12.8 Å². The number of hydrogen-bond acceptors (Lipinski definition) is 4. The van der Waals surface area contributed by atoms with Crippen LogP contribution >= 0.6 is 11.8 Å². The van der Waals surface area contributed by atoms with E-state index >= 15 is 0 Å². The number of nitrogens with one attached hydrogen (secondary N) is 1. The highest BCUT2D eigenvalue weighted by atomic mass is 32.2. The van der Waals surface area contributed by atoms with Gasteiger partial charge < -0.3 is 5.32 Å². The summed E-state index contributed by atoms with van der Waals surface area (Å²) in [5.74, 6) is -0.524. The van der Waals surface area contributed by atoms with Gasteiger partial charge in [-0.2, -0.15) is 18.3 Å². The van der Waals surface area contributed by atoms with E-state index < -0.39 is 17.8 Å². The van der Waals surface area contributed by atoms with Gasteiger partial charge in [-0.05, 0) is 25.3 Å². The number of rotatable bonds is 5. The van der Waals surface area contributed by atoms with Crippen molar-refractivity contribution < 1.29 is 18.0 Å². The molecule has 0 aliphatic rings. The zero-order valence-corrected chi connectivity index (χ0v) is 13.8. The molecule has 0 saturated heterocycles. The molecule has 0 saturated carbocycles. The standard InChI is InChI=1S/C15H15F3N4OS/c1-4-6-11(24-3)10-7-12(15(16,17)18)22-13(21-10)9(8-20-22)14(23)19-5-2/h4,6-8H,1,5H2,2-3H3,(H,19,23)/b11-6-. The van der Waals surface area contributed by atoms with Crippen LogP contribution < -0.4 is 5.32 Å². The van der Waals surface area contributed by atoms with Gasteiger partial charge in [0.25, 0.3) is 5.91 Å². The second-order valence-electron chi connectivity index (χ2n) is 4.65. The minimum absolute atomic E-state index is 0.0109. The van der Waals surface area contributed by atoms with E-state index in [9.17, 15) is 18.0 Å². The molecule has 9 heteroatoms. The normalized spacial score (nSPS) is 12.5. The summed E-state index contributed by atoms with van der Waals surface area (Å²) in [4.78, 5) is 16.7. The van der Waals surface area contributed by atoms with Gasteiger partial charge in [-0.25, -0.2) is 9.50 Å². The molecule has 0 aromatic carbocycles. The first-order valence-electron chi connectivity index (χ1n) is 6.94. The second kappa shape index (κ2) is 7.08. The monoisotopic (exact) mass is 356 g/mol. The quantitative estimate of drug-likeness (QED) is 0.835. The highest BCUT2D eigenvalue weighted by Gasteiger charge is 2.36. The van der Waals surface area contributed by atoms with Crippen molar-refractivity contribution in [2.45, 2.75) is 13.1 Å². The van der Waals surface area contributed by atoms with Gasteiger partial charge >= 0.3 is 6.18 Å². The molecule has 128 valence electrons. The van der Waals surface area contributed by atoms with Crippen molar-refractivity contribution in [3.05, 3.63) is 47.9 Å². The molecular weight excluding hydrogens is 341 g/mol. The van der Waals surface area contributed by atoms with Crippen LogP contribution in [-0.2, 0) is 6.18 Å². The topological polar surface area (TPSA) is 59.3 Å². The van der Waals surface area contributed by atoms with E-state index in [4.69, 9.17) is 0 Å². The number of halogens is 3. The summed E-state index contributed by atoms with van der Waals surface area (Å²) in [6, 6.07) is 0.910. The Labute approximate surface area is 140 Å². The van der Waals surface area contributed by atoms with E-state index in [-0.39, 0.29) is 16.9 Å². The lowest BCUT2D eigenvalue weighted by Crippen LogP contribution is -2.23. The van der Waals surface area contributed by atoms with Crippen LogP contribution in [-0.4, -0.2) is 33.3 Å². The molecule has 1 amide bonds. The predicted molar refractivity (Wildman–Crippen MR) is 87.7 cm³/mol. The second-order valence-corrected chi connectivity index (χ2v) is 5.50. The van der Waals surface area contributed by atoms with Crippen LogP contribution in [0.4, 0.5) is 13.2 Å². The zero-order chi connectivity index (χ0) is 17.9. The maximum absolute atomic E-state index is 13.4. The number of carbonyl (C=O) groups is 1. The first-order valence-corrected chi connectivity index (χ1v) is 8.17. The maximum Gasteiger partial charge on any atom is 0.433 e. The molecule has 5 nitrogen and oxygen atoms in total. The number of hydrogen-bond donors (Lipinski definition) is 1. The highest BCUT2D eigenvalue weighted by Crippen LogP contribution is 2.33. The molecule has 0 aliphatic carbocycles. The lowest BCUT2D eigenvalue weighted by atomic mass is 10.2. The fourth-order valence-electron chi connectivity index (χ4n) is 2.07. The molecule has 0 bridgehead atoms. The molecule has 2 aromatic heterocycles. The third-order valence-corrected chi connectivity index (χ3v) is 3.87. The molecule has 2 heterocycles. The Morgan fingerprint density at radius 2 is 2.21 bits per heavy atom. The number of allylic oxidation sites excluding steroid dienone is 2. The van der Waals surface area contributed by atoms with Crippen molar-refractivity contribution >= 4 is 28.2 Å². The average Bonchev–Trinajstić information content (AvgIpc) is 2.94. The fraction of sp³-hybridized carbons (Fsp3) is 0.267. The lowest BCUT2D eigenvalue weighted by molar-refractivity contribution is -0.142. The number of aromatic nitrogens is 3. The molecule has 0 aliphatic heterocycles. The van der Waals surface area contributed by atoms with Gasteiger partial charge in [0.05, 0.1) is 11.9 Å². The third-order valence-electron chi connectivity index (χ3n) is 3.09. The van der Waals surface area contributed by atoms with Gasteiger partial charge in [0, 0.05) is 11.4 Å². The van der Waals surface area contributed by atoms with Crippen molar-refractivity contribution in [3.63, 3.8) is 0 Å². The van der Waals surface area contributed by atoms with Crippen LogP contribution in [0.2, 0.25) is 0 Å². The number of fused-ring (bicyclic) bond motifs is 1. The maximum atomic E-state index is 13.4. The summed E-state index contributed by atoms with van der Waals surface area (Å²) in [5.41, 5.74) is -1.05. The van der Waals surface area contributed by atoms with Crippen LogP contribution in [0.1, 0.15) is 28.7 Å². The number of thioether (sulfide) groups is 1. The van der Waals surface area contributed by atoms with Gasteiger partial charge in [-0.1, -0.05) is 12.7 Å². The van der Waals surface area contributed by atoms with E-state index in [1.165, 1.54) is 17.8 Å². The van der Waals surface area contributed by atoms with E-state index in [1.54, 1.807) is 19.3 Å². The summed E-state index contributed by atoms with van der Waals surface area (Å²) >= 11 is 1.23. The Balaban J connectivity index is 2.78. The summed E-state index contributed by atoms with van der Waals surface area (Å²) in [5, 5.41) is 6.22. The summed E-state index contributed by atoms with van der Waals surface area (Å²) in [7, 11) is 0. The van der Waals surface area contributed by atoms with Crippen molar-refractivity contribution in [2.24, 2.45) is 0 Å². The zero-order valence-electron chi connectivity index (χ0n) is 13.0. The molecule has 2 rings (SSSR count). The summed E-state index contributed by atoms with van der Waals surface area (Å²) in [6.45, 7) is 5.60. The lowest BCUT2D eigenvalue weighted by Gasteiger charge is -2.12. The predicted octanol–water partition coefficient (Wildman–Crippen LogP) is 3.39. The van der Waals surface area contributed by atoms with E-state index in [1.807, 2.05) is 0 Å². The summed E-state index contributed by atoms with van der Waals surface area (Å²) in [6.07, 6.45) is 1.19. The average molecular weight is 356 g/mol. The van der Waals surface area contributed by atoms with Crippen LogP contribution in [0.25, 0.3) is 10.6 Å². The van der Waals surface area contributed by atoms with Crippen molar-refractivity contribution in [3.8, 4) is 0 Å². The van der Waals surface area contributed by atoms with E-state index in [0.717, 1.165) is 12.3 Å². The molecule has 0 atom stereocenters. The Hall–Kier alpha value is -2.29. The first-order chi connectivity index (χ1) is 11.3. The number of amides is 1. The first kappa shape index (κ1) is 18.1. The molecule has 0 fully saturated rings. The van der Waals surface area contributed by atoms with E-state index in [0.29, 0.717) is 16.0 Å². The molecule has 1 N–H and O–H groups in total. The minimum Gasteiger partial charge on any atom is -0.352 e. The SMILES string of the molecule is C=C/C=C(\SC)c1cc(C(F)(F)F)n2ncc(C(=O)NCC)c2n1. The molecule has 0 radical (unpaired) electrons. The number of alkyl halides is 3. The van der Waals surface area contributed by atoms with Crippen molar-refractivity contribution in [1.29, 1.82) is 0 Å². The van der Waals surface area contributed by atoms with Gasteiger partial charge in [-0.3, -0.25) is 4.79 Å². The Kier molecular flexibility index (Phi) is 5.33. The Bertz CT molecular complexity index is 811. The Morgan fingerprint density at radius 1 is 1.50 bits per heavy atom. The van der Waals surface area contributed by atoms with Crippen LogP contribution in [0, 0.1) is 0 Å². The highest BCUT2D eigenvalue weighted by molar-refractivity contribution is 8.07. The van der Waals surface area contributed by atoms with Crippen molar-refractivity contribution in [1.82, 2.24) is 19.9 Å². The molecule has 0 spiro atoms. The minimum atomic E-state index is -4.64. The number of nitrogens with zero attached hydrogens (tertiary/aromatic N) is 3. The largest absolute Gasteiger partial charge is 0.433 e. The number of carbonyl (C=O) groups excluding carboxylic acids is 1. The van der Waals surface area contributed by atoms with Gasteiger partial charge in [0.1, 0.15) is 5.56 Å². The molecule has 24 heavy (non-hydrogen) atoms. The van der Waals surface area contributed by atoms with Crippen LogP contribution in [0.3, 0.4) is 0 Å². The fourth-order valence-corrected chi connectivity index (χ4v) is 2.62. The van der Waals surface area contributed by atoms with Gasteiger partial charge in [0.15, 0.2) is 11.3 Å². The van der Waals surface area contributed by atoms with Gasteiger partial charge in [0.2, 0.25) is 0 Å². The molecule has 2 aromatic rings. The third kappa shape index (κ3) is 3.45. The van der Waals surface area contributed by atoms with Crippen LogP contribution in [0.5, 0.6) is 0 Å². The van der Waals surface area contributed by atoms with Crippen LogP contribution in [0.15, 0.2) is 31.0 Å². The molecule has 0 unspecified atom stereocenters. The smallest absolute Gasteiger partial charge is 0.352 e. The van der Waals surface area contributed by atoms with Gasteiger partial charge in [-0.15, -0.1) is 11.8 Å². The molecular formula is C15H15F3N4OS. The summed E-state index contributed by atoms with van der Waals surface area (Å²) < 4.78 is 40.8. The Morgan fingerprint density at radius 3 is 2.75 bits per heavy atom. The van der Waals surface area contributed by atoms with E-state index in [2.05, 4.69) is 22.0 Å².